The lowest BCUT2D eigenvalue weighted by molar-refractivity contribution is 0.431. The van der Waals surface area contributed by atoms with E-state index in [1.165, 1.54) is 25.3 Å². The van der Waals surface area contributed by atoms with E-state index >= 15 is 0 Å². The Hall–Kier alpha value is -0.810. The first kappa shape index (κ1) is 13.6. The van der Waals surface area contributed by atoms with E-state index in [1.54, 1.807) is 18.0 Å². The average Bonchev–Trinajstić information content (AvgIpc) is 2.69. The van der Waals surface area contributed by atoms with Gasteiger partial charge >= 0.3 is 0 Å². The van der Waals surface area contributed by atoms with E-state index in [9.17, 15) is 4.79 Å². The summed E-state index contributed by atoms with van der Waals surface area (Å²) in [4.78, 5) is 18.2. The highest BCUT2D eigenvalue weighted by atomic mass is 32.2. The Morgan fingerprint density at radius 3 is 3.11 bits per heavy atom. The highest BCUT2D eigenvalue weighted by Crippen LogP contribution is 2.37. The predicted octanol–water partition coefficient (Wildman–Crippen LogP) is 2.03. The van der Waals surface area contributed by atoms with Crippen LogP contribution in [-0.2, 0) is 0 Å². The van der Waals surface area contributed by atoms with Crippen LogP contribution in [0.5, 0.6) is 0 Å². The van der Waals surface area contributed by atoms with Crippen molar-refractivity contribution in [3.05, 3.63) is 22.6 Å². The van der Waals surface area contributed by atoms with Gasteiger partial charge in [0.1, 0.15) is 0 Å². The number of thioether (sulfide) groups is 1. The Bertz CT molecular complexity index is 434. The van der Waals surface area contributed by atoms with E-state index in [-0.39, 0.29) is 5.56 Å². The van der Waals surface area contributed by atoms with E-state index in [2.05, 4.69) is 29.1 Å². The van der Waals surface area contributed by atoms with Crippen LogP contribution in [0.15, 0.2) is 22.2 Å². The molecule has 1 aromatic rings. The molecule has 100 valence electrons. The van der Waals surface area contributed by atoms with Crippen LogP contribution in [0.25, 0.3) is 0 Å². The van der Waals surface area contributed by atoms with Gasteiger partial charge in [0.2, 0.25) is 0 Å². The van der Waals surface area contributed by atoms with Crippen molar-refractivity contribution >= 4 is 11.8 Å². The molecule has 0 bridgehead atoms. The zero-order chi connectivity index (χ0) is 13.0. The second-order valence-electron chi connectivity index (χ2n) is 4.89. The van der Waals surface area contributed by atoms with Crippen LogP contribution in [0.1, 0.15) is 33.1 Å². The SMILES string of the molecule is CCCNC1CCC(Sc2nccc(=O)[nH]2)C1C. The van der Waals surface area contributed by atoms with Crippen LogP contribution in [0.3, 0.4) is 0 Å². The molecule has 1 aliphatic carbocycles. The number of hydrogen-bond donors (Lipinski definition) is 2. The zero-order valence-electron chi connectivity index (χ0n) is 11.0. The minimum atomic E-state index is -0.0705. The Morgan fingerprint density at radius 1 is 1.56 bits per heavy atom. The van der Waals surface area contributed by atoms with Crippen LogP contribution in [0, 0.1) is 5.92 Å². The summed E-state index contributed by atoms with van der Waals surface area (Å²) in [7, 11) is 0. The third-order valence-corrected chi connectivity index (χ3v) is 4.95. The van der Waals surface area contributed by atoms with Gasteiger partial charge in [-0.15, -0.1) is 0 Å². The van der Waals surface area contributed by atoms with E-state index in [4.69, 9.17) is 0 Å². The van der Waals surface area contributed by atoms with Crippen LogP contribution in [0.2, 0.25) is 0 Å². The largest absolute Gasteiger partial charge is 0.314 e. The van der Waals surface area contributed by atoms with Gasteiger partial charge in [-0.05, 0) is 31.7 Å². The van der Waals surface area contributed by atoms with Crippen LogP contribution in [0.4, 0.5) is 0 Å². The Morgan fingerprint density at radius 2 is 2.39 bits per heavy atom. The van der Waals surface area contributed by atoms with Gasteiger partial charge in [0.05, 0.1) is 0 Å². The molecule has 0 radical (unpaired) electrons. The lowest BCUT2D eigenvalue weighted by atomic mass is 10.1. The number of nitrogens with one attached hydrogen (secondary N) is 2. The van der Waals surface area contributed by atoms with Gasteiger partial charge in [0.25, 0.3) is 5.56 Å². The van der Waals surface area contributed by atoms with E-state index < -0.39 is 0 Å². The molecule has 2 N–H and O–H groups in total. The van der Waals surface area contributed by atoms with Crippen LogP contribution >= 0.6 is 11.8 Å². The van der Waals surface area contributed by atoms with Crippen molar-refractivity contribution in [2.24, 2.45) is 5.92 Å². The molecule has 0 spiro atoms. The van der Waals surface area contributed by atoms with E-state index in [0.717, 1.165) is 11.7 Å². The summed E-state index contributed by atoms with van der Waals surface area (Å²) in [5, 5.41) is 4.89. The van der Waals surface area contributed by atoms with Crippen LogP contribution < -0.4 is 10.9 Å². The molecule has 18 heavy (non-hydrogen) atoms. The number of aromatic nitrogens is 2. The van der Waals surface area contributed by atoms with Crippen molar-refractivity contribution in [2.75, 3.05) is 6.54 Å². The first-order valence-corrected chi connectivity index (χ1v) is 7.54. The number of rotatable bonds is 5. The van der Waals surface area contributed by atoms with Gasteiger partial charge in [-0.2, -0.15) is 0 Å². The van der Waals surface area contributed by atoms with E-state index in [1.807, 2.05) is 0 Å². The Balaban J connectivity index is 1.93. The molecule has 1 aromatic heterocycles. The predicted molar refractivity (Wildman–Crippen MR) is 75.0 cm³/mol. The summed E-state index contributed by atoms with van der Waals surface area (Å²) in [5.41, 5.74) is -0.0705. The van der Waals surface area contributed by atoms with Crippen molar-refractivity contribution in [1.29, 1.82) is 0 Å². The van der Waals surface area contributed by atoms with Crippen LogP contribution in [-0.4, -0.2) is 27.8 Å². The van der Waals surface area contributed by atoms with Crippen molar-refractivity contribution in [2.45, 2.75) is 49.6 Å². The summed E-state index contributed by atoms with van der Waals surface area (Å²) in [6, 6.07) is 2.06. The second kappa shape index (κ2) is 6.38. The molecule has 3 atom stereocenters. The van der Waals surface area contributed by atoms with Crippen molar-refractivity contribution in [3.8, 4) is 0 Å². The maximum absolute atomic E-state index is 11.2. The lowest BCUT2D eigenvalue weighted by Crippen LogP contribution is -2.33. The minimum Gasteiger partial charge on any atom is -0.314 e. The zero-order valence-corrected chi connectivity index (χ0v) is 11.8. The first-order chi connectivity index (χ1) is 8.70. The summed E-state index contributed by atoms with van der Waals surface area (Å²) in [5.74, 6) is 0.618. The van der Waals surface area contributed by atoms with Gasteiger partial charge in [0.15, 0.2) is 5.16 Å². The topological polar surface area (TPSA) is 57.8 Å². The quantitative estimate of drug-likeness (QED) is 0.802. The molecule has 1 aliphatic rings. The monoisotopic (exact) mass is 267 g/mol. The molecule has 3 unspecified atom stereocenters. The molecule has 0 saturated heterocycles. The molecule has 0 amide bonds. The van der Waals surface area contributed by atoms with E-state index in [0.29, 0.717) is 17.2 Å². The average molecular weight is 267 g/mol. The summed E-state index contributed by atoms with van der Waals surface area (Å²) in [6.45, 7) is 5.57. The second-order valence-corrected chi connectivity index (χ2v) is 6.12. The molecule has 1 heterocycles. The van der Waals surface area contributed by atoms with Gasteiger partial charge in [-0.1, -0.05) is 25.6 Å². The van der Waals surface area contributed by atoms with Gasteiger partial charge < -0.3 is 10.3 Å². The number of hydrogen-bond acceptors (Lipinski definition) is 4. The third kappa shape index (κ3) is 3.36. The molecular formula is C13H21N3OS. The lowest BCUT2D eigenvalue weighted by Gasteiger charge is -2.20. The Kier molecular flexibility index (Phi) is 4.83. The molecular weight excluding hydrogens is 246 g/mol. The summed E-state index contributed by atoms with van der Waals surface area (Å²) >= 11 is 1.70. The summed E-state index contributed by atoms with van der Waals surface area (Å²) < 4.78 is 0. The number of nitrogens with zero attached hydrogens (tertiary/aromatic N) is 1. The minimum absolute atomic E-state index is 0.0705. The molecule has 0 aliphatic heterocycles. The Labute approximate surface area is 112 Å². The first-order valence-electron chi connectivity index (χ1n) is 6.66. The van der Waals surface area contributed by atoms with Gasteiger partial charge in [-0.3, -0.25) is 4.79 Å². The number of H-pyrrole nitrogens is 1. The molecule has 0 aromatic carbocycles. The third-order valence-electron chi connectivity index (χ3n) is 3.55. The smallest absolute Gasteiger partial charge is 0.251 e. The maximum Gasteiger partial charge on any atom is 0.251 e. The molecule has 4 nitrogen and oxygen atoms in total. The number of aromatic amines is 1. The van der Waals surface area contributed by atoms with Crippen molar-refractivity contribution < 1.29 is 0 Å². The fourth-order valence-corrected chi connectivity index (χ4v) is 3.69. The highest BCUT2D eigenvalue weighted by Gasteiger charge is 2.33. The molecule has 5 heteroatoms. The standard InChI is InChI=1S/C13H21N3OS/c1-3-7-14-10-4-5-11(9(10)2)18-13-15-8-6-12(17)16-13/h6,8-11,14H,3-5,7H2,1-2H3,(H,15,16,17). The molecule has 1 fully saturated rings. The fourth-order valence-electron chi connectivity index (χ4n) is 2.47. The van der Waals surface area contributed by atoms with Crippen molar-refractivity contribution in [1.82, 2.24) is 15.3 Å². The molecule has 1 saturated carbocycles. The normalized spacial score (nSPS) is 27.6. The fraction of sp³-hybridized carbons (Fsp3) is 0.692. The summed E-state index contributed by atoms with van der Waals surface area (Å²) in [6.07, 6.45) is 5.16. The van der Waals surface area contributed by atoms with Gasteiger partial charge in [0, 0.05) is 23.6 Å². The van der Waals surface area contributed by atoms with Crippen molar-refractivity contribution in [3.63, 3.8) is 0 Å². The molecule has 2 rings (SSSR count). The highest BCUT2D eigenvalue weighted by molar-refractivity contribution is 7.99. The van der Waals surface area contributed by atoms with Gasteiger partial charge in [-0.25, -0.2) is 4.98 Å². The maximum atomic E-state index is 11.2.